The lowest BCUT2D eigenvalue weighted by Crippen LogP contribution is -2.34. The fraction of sp³-hybridized carbons (Fsp3) is 0.300. The van der Waals surface area contributed by atoms with Crippen molar-refractivity contribution in [2.24, 2.45) is 0 Å². The summed E-state index contributed by atoms with van der Waals surface area (Å²) in [5, 5.41) is 6.37. The van der Waals surface area contributed by atoms with E-state index >= 15 is 0 Å². The van der Waals surface area contributed by atoms with E-state index in [9.17, 15) is 4.79 Å². The molecule has 1 amide bonds. The summed E-state index contributed by atoms with van der Waals surface area (Å²) in [5.41, 5.74) is 0.910. The maximum absolute atomic E-state index is 12.7. The minimum atomic E-state index is -0.375. The van der Waals surface area contributed by atoms with E-state index in [0.29, 0.717) is 33.7 Å². The Hall–Kier alpha value is -1.34. The van der Waals surface area contributed by atoms with E-state index in [0.717, 1.165) is 23.7 Å². The Morgan fingerprint density at radius 2 is 1.96 bits per heavy atom. The van der Waals surface area contributed by atoms with Crippen molar-refractivity contribution in [3.8, 4) is 5.75 Å². The fourth-order valence-electron chi connectivity index (χ4n) is 2.44. The maximum Gasteiger partial charge on any atom is 0.261 e. The van der Waals surface area contributed by atoms with Gasteiger partial charge < -0.3 is 10.1 Å². The number of hydrogen-bond acceptors (Lipinski definition) is 3. The monoisotopic (exact) mass is 502 g/mol. The van der Waals surface area contributed by atoms with Gasteiger partial charge in [-0.15, -0.1) is 0 Å². The highest BCUT2D eigenvalue weighted by Gasteiger charge is 2.16. The number of rotatable bonds is 8. The molecular formula is C20H21BrCl2N2O2S. The van der Waals surface area contributed by atoms with Crippen LogP contribution in [-0.2, 0) is 0 Å². The number of amides is 1. The first-order chi connectivity index (χ1) is 13.4. The Labute approximate surface area is 189 Å². The number of ether oxygens (including phenoxy) is 1. The van der Waals surface area contributed by atoms with Gasteiger partial charge in [-0.2, -0.15) is 0 Å². The van der Waals surface area contributed by atoms with Gasteiger partial charge in [0.2, 0.25) is 0 Å². The van der Waals surface area contributed by atoms with Crippen molar-refractivity contribution in [1.82, 2.24) is 5.32 Å². The Bertz CT molecular complexity index is 849. The number of nitrogens with one attached hydrogen (secondary N) is 2. The molecule has 0 spiro atoms. The summed E-state index contributed by atoms with van der Waals surface area (Å²) in [6, 6.07) is 10.4. The summed E-state index contributed by atoms with van der Waals surface area (Å²) in [5.74, 6) is 0.140. The number of benzene rings is 2. The second-order valence-corrected chi connectivity index (χ2v) is 8.17. The maximum atomic E-state index is 12.7. The number of thiocarbonyl (C=S) groups is 1. The van der Waals surface area contributed by atoms with Crippen molar-refractivity contribution in [2.45, 2.75) is 32.6 Å². The lowest BCUT2D eigenvalue weighted by molar-refractivity contribution is 0.0973. The second-order valence-electron chi connectivity index (χ2n) is 6.06. The van der Waals surface area contributed by atoms with Gasteiger partial charge in [-0.25, -0.2) is 0 Å². The third-order valence-corrected chi connectivity index (χ3v) is 5.38. The van der Waals surface area contributed by atoms with Gasteiger partial charge in [-0.05, 0) is 49.0 Å². The van der Waals surface area contributed by atoms with E-state index in [2.05, 4.69) is 33.5 Å². The average molecular weight is 504 g/mol. The Kier molecular flexibility index (Phi) is 9.51. The number of halogens is 3. The van der Waals surface area contributed by atoms with E-state index in [1.807, 2.05) is 6.07 Å². The van der Waals surface area contributed by atoms with E-state index in [1.165, 1.54) is 6.42 Å². The summed E-state index contributed by atoms with van der Waals surface area (Å²) >= 11 is 20.7. The zero-order valence-corrected chi connectivity index (χ0v) is 19.3. The zero-order chi connectivity index (χ0) is 20.5. The molecule has 2 aromatic rings. The largest absolute Gasteiger partial charge is 0.493 e. The molecule has 0 aliphatic heterocycles. The van der Waals surface area contributed by atoms with Gasteiger partial charge >= 0.3 is 0 Å². The first kappa shape index (κ1) is 22.9. The van der Waals surface area contributed by atoms with Crippen LogP contribution in [0.25, 0.3) is 0 Å². The highest BCUT2D eigenvalue weighted by Crippen LogP contribution is 2.29. The highest BCUT2D eigenvalue weighted by molar-refractivity contribution is 9.10. The summed E-state index contributed by atoms with van der Waals surface area (Å²) in [7, 11) is 0. The van der Waals surface area contributed by atoms with Crippen molar-refractivity contribution in [2.75, 3.05) is 11.9 Å². The SMILES string of the molecule is CCCCCCOc1ccc(Br)cc1C(=O)NC(=S)Nc1cccc(Cl)c1Cl. The molecule has 0 atom stereocenters. The number of hydrogen-bond donors (Lipinski definition) is 2. The Balaban J connectivity index is 2.03. The molecule has 0 aromatic heterocycles. The van der Waals surface area contributed by atoms with Crippen molar-refractivity contribution >= 4 is 68.1 Å². The molecule has 0 unspecified atom stereocenters. The summed E-state index contributed by atoms with van der Waals surface area (Å²) in [6.45, 7) is 2.72. The van der Waals surface area contributed by atoms with Crippen molar-refractivity contribution in [3.63, 3.8) is 0 Å². The molecule has 150 valence electrons. The Morgan fingerprint density at radius 3 is 2.71 bits per heavy atom. The van der Waals surface area contributed by atoms with Crippen LogP contribution in [-0.4, -0.2) is 17.6 Å². The third kappa shape index (κ3) is 6.92. The van der Waals surface area contributed by atoms with Crippen LogP contribution in [0.4, 0.5) is 5.69 Å². The molecule has 0 radical (unpaired) electrons. The molecule has 0 fully saturated rings. The van der Waals surface area contributed by atoms with Crippen LogP contribution in [0.3, 0.4) is 0 Å². The first-order valence-electron chi connectivity index (χ1n) is 8.91. The molecule has 4 nitrogen and oxygen atoms in total. The standard InChI is InChI=1S/C20H21BrCl2N2O2S/c1-2-3-4-5-11-27-17-10-9-13(21)12-14(17)19(26)25-20(28)24-16-8-6-7-15(22)18(16)23/h6-10,12H,2-5,11H2,1H3,(H2,24,25,26,28). The van der Waals surface area contributed by atoms with E-state index in [4.69, 9.17) is 40.2 Å². The summed E-state index contributed by atoms with van der Waals surface area (Å²) in [6.07, 6.45) is 4.37. The molecule has 2 rings (SSSR count). The topological polar surface area (TPSA) is 50.4 Å². The number of anilines is 1. The number of carbonyl (C=O) groups excluding carboxylic acids is 1. The van der Waals surface area contributed by atoms with Crippen LogP contribution in [0.15, 0.2) is 40.9 Å². The van der Waals surface area contributed by atoms with E-state index < -0.39 is 0 Å². The van der Waals surface area contributed by atoms with Crippen LogP contribution in [0.5, 0.6) is 5.75 Å². The van der Waals surface area contributed by atoms with Gasteiger partial charge in [0.15, 0.2) is 5.11 Å². The van der Waals surface area contributed by atoms with Gasteiger partial charge in [-0.1, -0.05) is 71.4 Å². The van der Waals surface area contributed by atoms with Crippen LogP contribution >= 0.6 is 51.3 Å². The first-order valence-corrected chi connectivity index (χ1v) is 10.9. The highest BCUT2D eigenvalue weighted by atomic mass is 79.9. The molecule has 0 saturated heterocycles. The van der Waals surface area contributed by atoms with E-state index in [-0.39, 0.29) is 11.0 Å². The molecule has 0 saturated carbocycles. The van der Waals surface area contributed by atoms with Crippen molar-refractivity contribution < 1.29 is 9.53 Å². The number of carbonyl (C=O) groups is 1. The van der Waals surface area contributed by atoms with Gasteiger partial charge in [0.25, 0.3) is 5.91 Å². The van der Waals surface area contributed by atoms with Crippen molar-refractivity contribution in [1.29, 1.82) is 0 Å². The normalized spacial score (nSPS) is 10.4. The average Bonchev–Trinajstić information content (AvgIpc) is 2.66. The summed E-state index contributed by atoms with van der Waals surface area (Å²) < 4.78 is 6.58. The fourth-order valence-corrected chi connectivity index (χ4v) is 3.35. The smallest absolute Gasteiger partial charge is 0.261 e. The van der Waals surface area contributed by atoms with Crippen LogP contribution in [0, 0.1) is 0 Å². The lowest BCUT2D eigenvalue weighted by atomic mass is 10.2. The number of unbranched alkanes of at least 4 members (excludes halogenated alkanes) is 3. The zero-order valence-electron chi connectivity index (χ0n) is 15.4. The molecule has 8 heteroatoms. The minimum Gasteiger partial charge on any atom is -0.493 e. The van der Waals surface area contributed by atoms with Gasteiger partial charge in [0, 0.05) is 4.47 Å². The summed E-state index contributed by atoms with van der Waals surface area (Å²) in [4.78, 5) is 12.7. The third-order valence-electron chi connectivity index (χ3n) is 3.87. The van der Waals surface area contributed by atoms with Gasteiger partial charge in [0.05, 0.1) is 27.9 Å². The molecule has 2 aromatic carbocycles. The molecule has 0 aliphatic rings. The molecule has 28 heavy (non-hydrogen) atoms. The van der Waals surface area contributed by atoms with Crippen LogP contribution in [0.1, 0.15) is 43.0 Å². The molecular weight excluding hydrogens is 483 g/mol. The van der Waals surface area contributed by atoms with Crippen LogP contribution < -0.4 is 15.4 Å². The predicted molar refractivity (Wildman–Crippen MR) is 124 cm³/mol. The Morgan fingerprint density at radius 1 is 1.18 bits per heavy atom. The lowest BCUT2D eigenvalue weighted by Gasteiger charge is -2.14. The predicted octanol–water partition coefficient (Wildman–Crippen LogP) is 6.84. The van der Waals surface area contributed by atoms with Gasteiger partial charge in [0.1, 0.15) is 5.75 Å². The quantitative estimate of drug-likeness (QED) is 0.305. The van der Waals surface area contributed by atoms with Gasteiger partial charge in [-0.3, -0.25) is 10.1 Å². The minimum absolute atomic E-state index is 0.114. The molecule has 0 bridgehead atoms. The van der Waals surface area contributed by atoms with Crippen molar-refractivity contribution in [3.05, 3.63) is 56.5 Å². The van der Waals surface area contributed by atoms with E-state index in [1.54, 1.807) is 30.3 Å². The molecule has 2 N–H and O–H groups in total. The molecule has 0 heterocycles. The van der Waals surface area contributed by atoms with Crippen LogP contribution in [0.2, 0.25) is 10.0 Å². The second kappa shape index (κ2) is 11.6. The molecule has 0 aliphatic carbocycles.